The van der Waals surface area contributed by atoms with Crippen LogP contribution in [-0.4, -0.2) is 23.6 Å². The van der Waals surface area contributed by atoms with Gasteiger partial charge < -0.3 is 14.4 Å². The third-order valence-corrected chi connectivity index (χ3v) is 5.15. The summed E-state index contributed by atoms with van der Waals surface area (Å²) < 4.78 is 11.4. The molecule has 2 atom stereocenters. The van der Waals surface area contributed by atoms with Crippen LogP contribution in [0.15, 0.2) is 71.3 Å². The fraction of sp³-hybridized carbons (Fsp3) is 0.217. The molecule has 7 heteroatoms. The van der Waals surface area contributed by atoms with E-state index in [2.05, 4.69) is 5.27 Å². The largest absolute Gasteiger partial charge is 0.539 e. The Labute approximate surface area is 173 Å². The predicted molar refractivity (Wildman–Crippen MR) is 104 cm³/mol. The highest BCUT2D eigenvalue weighted by Crippen LogP contribution is 2.41. The van der Waals surface area contributed by atoms with Crippen LogP contribution in [0, 0.1) is 5.92 Å². The maximum atomic E-state index is 13.0. The lowest BCUT2D eigenvalue weighted by molar-refractivity contribution is -0.672. The average molecular weight is 404 g/mol. The lowest BCUT2D eigenvalue weighted by Gasteiger charge is -2.28. The van der Waals surface area contributed by atoms with Crippen molar-refractivity contribution in [1.29, 1.82) is 0 Å². The van der Waals surface area contributed by atoms with Gasteiger partial charge in [-0.25, -0.2) is 0 Å². The zero-order chi connectivity index (χ0) is 21.1. The minimum Gasteiger partial charge on any atom is -0.539 e. The zero-order valence-corrected chi connectivity index (χ0v) is 16.4. The highest BCUT2D eigenvalue weighted by molar-refractivity contribution is 6.10. The molecule has 1 aliphatic rings. The average Bonchev–Trinajstić information content (AvgIpc) is 3.16. The number of hydrogen-bond donors (Lipinski definition) is 0. The number of hydrogen-bond acceptors (Lipinski definition) is 6. The molecule has 7 nitrogen and oxygen atoms in total. The van der Waals surface area contributed by atoms with Crippen LogP contribution in [0.2, 0.25) is 0 Å². The van der Waals surface area contributed by atoms with Crippen LogP contribution in [0.3, 0.4) is 0 Å². The molecule has 0 N–H and O–H groups in total. The smallest absolute Gasteiger partial charge is 0.317 e. The Bertz CT molecular complexity index is 1090. The lowest BCUT2D eigenvalue weighted by atomic mass is 9.74. The summed E-state index contributed by atoms with van der Waals surface area (Å²) in [6.45, 7) is 1.89. The fourth-order valence-corrected chi connectivity index (χ4v) is 3.82. The minimum atomic E-state index is -0.962. The van der Waals surface area contributed by atoms with Crippen LogP contribution in [0.5, 0.6) is 5.95 Å². The number of benzene rings is 2. The molecule has 2 unspecified atom stereocenters. The van der Waals surface area contributed by atoms with Crippen molar-refractivity contribution in [3.8, 4) is 11.6 Å². The van der Waals surface area contributed by atoms with E-state index in [4.69, 9.17) is 9.26 Å². The standard InChI is InChI=1S/C23H20N2O5/c1-2-29-22(27)20-18(15-9-5-3-6-10-15)13-16(14-19(20)26)21-23(28)30-24-25(21)17-11-7-4-8-12-17/h3-12,14,18,20H,2,13H2,1H3. The summed E-state index contributed by atoms with van der Waals surface area (Å²) in [5.41, 5.74) is 2.11. The molecule has 1 aliphatic carbocycles. The Morgan fingerprint density at radius 3 is 2.50 bits per heavy atom. The van der Waals surface area contributed by atoms with Crippen molar-refractivity contribution in [2.75, 3.05) is 6.61 Å². The predicted octanol–water partition coefficient (Wildman–Crippen LogP) is 2.34. The van der Waals surface area contributed by atoms with Crippen LogP contribution in [0.25, 0.3) is 11.3 Å². The number of carbonyl (C=O) groups is 2. The first-order chi connectivity index (χ1) is 14.6. The van der Waals surface area contributed by atoms with Gasteiger partial charge in [0.15, 0.2) is 11.7 Å². The van der Waals surface area contributed by atoms with E-state index in [1.165, 1.54) is 10.8 Å². The highest BCUT2D eigenvalue weighted by Gasteiger charge is 2.42. The van der Waals surface area contributed by atoms with Gasteiger partial charge in [-0.2, -0.15) is 0 Å². The number of ether oxygens (including phenoxy) is 1. The molecule has 0 amide bonds. The summed E-state index contributed by atoms with van der Waals surface area (Å²) in [6, 6.07) is 18.3. The summed E-state index contributed by atoms with van der Waals surface area (Å²) in [5, 5.41) is 16.3. The molecule has 0 fully saturated rings. The molecule has 152 valence electrons. The maximum Gasteiger partial charge on any atom is 0.317 e. The molecule has 0 saturated carbocycles. The number of para-hydroxylation sites is 1. The zero-order valence-electron chi connectivity index (χ0n) is 16.4. The van der Waals surface area contributed by atoms with Crippen molar-refractivity contribution in [2.24, 2.45) is 5.92 Å². The van der Waals surface area contributed by atoms with E-state index in [0.717, 1.165) is 5.56 Å². The van der Waals surface area contributed by atoms with Crippen LogP contribution in [-0.2, 0) is 14.3 Å². The van der Waals surface area contributed by atoms with Gasteiger partial charge in [0.1, 0.15) is 5.92 Å². The van der Waals surface area contributed by atoms with Gasteiger partial charge in [-0.05, 0) is 29.7 Å². The summed E-state index contributed by atoms with van der Waals surface area (Å²) >= 11 is 0. The van der Waals surface area contributed by atoms with Gasteiger partial charge in [0, 0.05) is 23.6 Å². The molecule has 4 rings (SSSR count). The van der Waals surface area contributed by atoms with Gasteiger partial charge in [0.2, 0.25) is 5.69 Å². The maximum absolute atomic E-state index is 13.0. The second-order valence-electron chi connectivity index (χ2n) is 6.98. The Morgan fingerprint density at radius 1 is 1.17 bits per heavy atom. The number of allylic oxidation sites excluding steroid dienone is 2. The highest BCUT2D eigenvalue weighted by atomic mass is 16.6. The molecule has 0 bridgehead atoms. The van der Waals surface area contributed by atoms with Crippen molar-refractivity contribution in [3.63, 3.8) is 0 Å². The molecule has 1 aromatic heterocycles. The number of aromatic nitrogens is 2. The third-order valence-electron chi connectivity index (χ3n) is 5.15. The molecular weight excluding hydrogens is 384 g/mol. The lowest BCUT2D eigenvalue weighted by Crippen LogP contribution is -2.39. The van der Waals surface area contributed by atoms with Crippen LogP contribution in [0.4, 0.5) is 0 Å². The van der Waals surface area contributed by atoms with Crippen molar-refractivity contribution < 1.29 is 28.6 Å². The first-order valence-corrected chi connectivity index (χ1v) is 9.71. The van der Waals surface area contributed by atoms with Crippen molar-refractivity contribution in [2.45, 2.75) is 19.3 Å². The van der Waals surface area contributed by atoms with E-state index in [1.54, 1.807) is 19.1 Å². The first-order valence-electron chi connectivity index (χ1n) is 9.71. The molecular formula is C23H20N2O5. The molecule has 2 aromatic carbocycles. The Morgan fingerprint density at radius 2 is 1.83 bits per heavy atom. The molecule has 0 aliphatic heterocycles. The van der Waals surface area contributed by atoms with Gasteiger partial charge in [0.25, 0.3) is 5.69 Å². The second-order valence-corrected chi connectivity index (χ2v) is 6.98. The third kappa shape index (κ3) is 3.61. The quantitative estimate of drug-likeness (QED) is 0.368. The molecule has 30 heavy (non-hydrogen) atoms. The topological polar surface area (TPSA) is 96.3 Å². The summed E-state index contributed by atoms with van der Waals surface area (Å²) in [4.78, 5) is 25.6. The van der Waals surface area contributed by atoms with Crippen molar-refractivity contribution >= 4 is 17.3 Å². The van der Waals surface area contributed by atoms with Crippen LogP contribution < -0.4 is 9.79 Å². The van der Waals surface area contributed by atoms with E-state index < -0.39 is 29.5 Å². The van der Waals surface area contributed by atoms with E-state index in [-0.39, 0.29) is 12.3 Å². The Hall–Kier alpha value is -3.74. The van der Waals surface area contributed by atoms with Crippen molar-refractivity contribution in [1.82, 2.24) is 5.27 Å². The van der Waals surface area contributed by atoms with E-state index in [9.17, 15) is 14.7 Å². The summed E-state index contributed by atoms with van der Waals surface area (Å²) in [5.74, 6) is -3.02. The van der Waals surface area contributed by atoms with Gasteiger partial charge in [-0.15, -0.1) is 0 Å². The normalized spacial score (nSPS) is 18.7. The van der Waals surface area contributed by atoms with Gasteiger partial charge in [-0.3, -0.25) is 9.59 Å². The molecule has 0 spiro atoms. The number of rotatable bonds is 5. The number of nitrogens with zero attached hydrogens (tertiary/aromatic N) is 2. The SMILES string of the molecule is CCOC(=O)C1C(=O)C=C(c2c([O-])on[n+]2-c2ccccc2)CC1c1ccccc1. The summed E-state index contributed by atoms with van der Waals surface area (Å²) in [7, 11) is 0. The Balaban J connectivity index is 1.80. The van der Waals surface area contributed by atoms with Crippen LogP contribution in [0.1, 0.15) is 30.5 Å². The van der Waals surface area contributed by atoms with E-state index >= 15 is 0 Å². The Kier molecular flexibility index (Phi) is 5.43. The summed E-state index contributed by atoms with van der Waals surface area (Å²) in [6.07, 6.45) is 1.64. The van der Waals surface area contributed by atoms with Gasteiger partial charge in [-0.1, -0.05) is 48.5 Å². The molecule has 0 saturated heterocycles. The number of esters is 1. The number of ketones is 1. The van der Waals surface area contributed by atoms with E-state index in [0.29, 0.717) is 17.7 Å². The van der Waals surface area contributed by atoms with Crippen LogP contribution >= 0.6 is 0 Å². The second kappa shape index (κ2) is 8.32. The molecule has 0 radical (unpaired) electrons. The van der Waals surface area contributed by atoms with Gasteiger partial charge >= 0.3 is 5.97 Å². The minimum absolute atomic E-state index is 0.179. The van der Waals surface area contributed by atoms with E-state index in [1.807, 2.05) is 48.5 Å². The first kappa shape index (κ1) is 19.6. The monoisotopic (exact) mass is 404 g/mol. The van der Waals surface area contributed by atoms with Gasteiger partial charge in [0.05, 0.1) is 11.9 Å². The molecule has 3 aromatic rings. The number of carbonyl (C=O) groups excluding carboxylic acids is 2. The molecule has 1 heterocycles. The fourth-order valence-electron chi connectivity index (χ4n) is 3.82. The van der Waals surface area contributed by atoms with Crippen molar-refractivity contribution in [3.05, 3.63) is 78.0 Å².